The fraction of sp³-hybridized carbons (Fsp3) is 0.727. The molecule has 0 aromatic heterocycles. The molecule has 2 aliphatic rings. The Labute approximate surface area is 107 Å². The van der Waals surface area contributed by atoms with Crippen LogP contribution in [0.15, 0.2) is 12.7 Å². The quantitative estimate of drug-likeness (QED) is 0.766. The zero-order valence-corrected chi connectivity index (χ0v) is 11.0. The van der Waals surface area contributed by atoms with Gasteiger partial charge in [-0.1, -0.05) is 6.08 Å². The molecule has 0 saturated carbocycles. The number of thioether (sulfide) groups is 1. The van der Waals surface area contributed by atoms with Crippen LogP contribution in [-0.4, -0.2) is 41.6 Å². The fourth-order valence-corrected chi connectivity index (χ4v) is 3.06. The highest BCUT2D eigenvalue weighted by atomic mass is 35.5. The van der Waals surface area contributed by atoms with E-state index in [4.69, 9.17) is 0 Å². The lowest BCUT2D eigenvalue weighted by atomic mass is 9.97. The zero-order chi connectivity index (χ0) is 10.7. The molecule has 0 unspecified atom stereocenters. The van der Waals surface area contributed by atoms with Crippen molar-refractivity contribution in [2.45, 2.75) is 18.9 Å². The van der Waals surface area contributed by atoms with Gasteiger partial charge in [-0.2, -0.15) is 0 Å². The molecule has 3 nitrogen and oxygen atoms in total. The van der Waals surface area contributed by atoms with Crippen molar-refractivity contribution in [1.29, 1.82) is 0 Å². The number of halogens is 1. The molecule has 2 heterocycles. The van der Waals surface area contributed by atoms with E-state index >= 15 is 0 Å². The maximum Gasteiger partial charge on any atom is 0.240 e. The van der Waals surface area contributed by atoms with Gasteiger partial charge in [-0.05, 0) is 18.8 Å². The first kappa shape index (κ1) is 13.9. The number of piperidine rings is 1. The van der Waals surface area contributed by atoms with Crippen molar-refractivity contribution in [3.63, 3.8) is 0 Å². The Morgan fingerprint density at radius 2 is 2.12 bits per heavy atom. The largest absolute Gasteiger partial charge is 0.341 e. The summed E-state index contributed by atoms with van der Waals surface area (Å²) in [6, 6.07) is 0.0651. The number of carbonyl (C=O) groups is 1. The van der Waals surface area contributed by atoms with Crippen molar-refractivity contribution in [3.8, 4) is 0 Å². The average molecular weight is 263 g/mol. The van der Waals surface area contributed by atoms with Crippen molar-refractivity contribution in [2.75, 3.05) is 24.7 Å². The second kappa shape index (κ2) is 6.52. The normalized spacial score (nSPS) is 26.2. The molecule has 2 fully saturated rings. The monoisotopic (exact) mass is 262 g/mol. The van der Waals surface area contributed by atoms with E-state index in [1.807, 2.05) is 11.0 Å². The maximum atomic E-state index is 12.0. The van der Waals surface area contributed by atoms with Crippen LogP contribution in [0.5, 0.6) is 0 Å². The van der Waals surface area contributed by atoms with E-state index in [-0.39, 0.29) is 18.4 Å². The number of hydrogen-bond donors (Lipinski definition) is 1. The van der Waals surface area contributed by atoms with Gasteiger partial charge in [0.05, 0.1) is 6.04 Å². The third kappa shape index (κ3) is 3.15. The van der Waals surface area contributed by atoms with E-state index < -0.39 is 0 Å². The summed E-state index contributed by atoms with van der Waals surface area (Å²) in [6.07, 6.45) is 4.18. The molecule has 1 atom stereocenters. The predicted molar refractivity (Wildman–Crippen MR) is 71.0 cm³/mol. The number of nitrogens with one attached hydrogen (secondary N) is 1. The number of hydrogen-bond acceptors (Lipinski definition) is 3. The molecule has 1 N–H and O–H groups in total. The molecule has 0 spiro atoms. The van der Waals surface area contributed by atoms with Crippen LogP contribution in [0.25, 0.3) is 0 Å². The minimum atomic E-state index is 0. The van der Waals surface area contributed by atoms with E-state index in [1.54, 1.807) is 11.8 Å². The second-order valence-electron chi connectivity index (χ2n) is 4.17. The smallest absolute Gasteiger partial charge is 0.240 e. The van der Waals surface area contributed by atoms with Crippen molar-refractivity contribution >= 4 is 30.1 Å². The highest BCUT2D eigenvalue weighted by Gasteiger charge is 2.29. The Bertz CT molecular complexity index is 248. The summed E-state index contributed by atoms with van der Waals surface area (Å²) in [5.41, 5.74) is 0. The number of likely N-dealkylation sites (tertiary alicyclic amines) is 1. The van der Waals surface area contributed by atoms with Crippen molar-refractivity contribution in [2.24, 2.45) is 5.92 Å². The van der Waals surface area contributed by atoms with Gasteiger partial charge in [0.25, 0.3) is 0 Å². The lowest BCUT2D eigenvalue weighted by molar-refractivity contribution is -0.133. The highest BCUT2D eigenvalue weighted by Crippen LogP contribution is 2.20. The van der Waals surface area contributed by atoms with E-state index in [1.165, 1.54) is 0 Å². The fourth-order valence-electron chi connectivity index (χ4n) is 2.13. The number of nitrogens with zero attached hydrogens (tertiary/aromatic N) is 1. The van der Waals surface area contributed by atoms with Gasteiger partial charge in [0, 0.05) is 24.7 Å². The zero-order valence-electron chi connectivity index (χ0n) is 9.35. The number of amides is 1. The predicted octanol–water partition coefficient (Wildman–Crippen LogP) is 1.50. The maximum absolute atomic E-state index is 12.0. The summed E-state index contributed by atoms with van der Waals surface area (Å²) >= 11 is 1.80. The van der Waals surface area contributed by atoms with Crippen LogP contribution < -0.4 is 5.32 Å². The number of rotatable bonds is 2. The van der Waals surface area contributed by atoms with Crippen molar-refractivity contribution in [3.05, 3.63) is 12.7 Å². The first-order valence-corrected chi connectivity index (χ1v) is 6.69. The summed E-state index contributed by atoms with van der Waals surface area (Å²) in [7, 11) is 0. The number of allylic oxidation sites excluding steroid dienone is 1. The molecule has 2 saturated heterocycles. The first-order chi connectivity index (χ1) is 7.31. The minimum absolute atomic E-state index is 0. The lowest BCUT2D eigenvalue weighted by Crippen LogP contribution is -2.47. The Kier molecular flexibility index (Phi) is 5.66. The Morgan fingerprint density at radius 3 is 2.62 bits per heavy atom. The van der Waals surface area contributed by atoms with E-state index in [9.17, 15) is 4.79 Å². The van der Waals surface area contributed by atoms with Crippen molar-refractivity contribution in [1.82, 2.24) is 10.2 Å². The molecule has 2 rings (SSSR count). The average Bonchev–Trinajstić information content (AvgIpc) is 2.82. The van der Waals surface area contributed by atoms with Gasteiger partial charge in [-0.15, -0.1) is 30.7 Å². The molecule has 0 aromatic rings. The van der Waals surface area contributed by atoms with E-state index in [0.29, 0.717) is 11.8 Å². The van der Waals surface area contributed by atoms with E-state index in [0.717, 1.165) is 37.6 Å². The highest BCUT2D eigenvalue weighted by molar-refractivity contribution is 7.99. The molecule has 1 amide bonds. The molecule has 16 heavy (non-hydrogen) atoms. The van der Waals surface area contributed by atoms with Crippen LogP contribution in [-0.2, 0) is 4.79 Å². The summed E-state index contributed by atoms with van der Waals surface area (Å²) < 4.78 is 0. The van der Waals surface area contributed by atoms with Crippen LogP contribution >= 0.6 is 24.2 Å². The SMILES string of the molecule is C=CC1CCN(C(=O)[C@H]2CSCN2)CC1.Cl. The topological polar surface area (TPSA) is 32.3 Å². The molecule has 92 valence electrons. The molecule has 0 aliphatic carbocycles. The van der Waals surface area contributed by atoms with Gasteiger partial charge in [0.2, 0.25) is 5.91 Å². The number of carbonyl (C=O) groups excluding carboxylic acids is 1. The van der Waals surface area contributed by atoms with Crippen LogP contribution in [0.1, 0.15) is 12.8 Å². The van der Waals surface area contributed by atoms with Crippen LogP contribution in [0.2, 0.25) is 0 Å². The van der Waals surface area contributed by atoms with Gasteiger partial charge in [-0.25, -0.2) is 0 Å². The summed E-state index contributed by atoms with van der Waals surface area (Å²) in [4.78, 5) is 14.0. The molecular weight excluding hydrogens is 244 g/mol. The lowest BCUT2D eigenvalue weighted by Gasteiger charge is -2.32. The first-order valence-electron chi connectivity index (χ1n) is 5.53. The van der Waals surface area contributed by atoms with Crippen LogP contribution in [0.4, 0.5) is 0 Å². The Hall–Kier alpha value is -0.190. The third-order valence-corrected chi connectivity index (χ3v) is 4.14. The van der Waals surface area contributed by atoms with Crippen LogP contribution in [0.3, 0.4) is 0 Å². The summed E-state index contributed by atoms with van der Waals surface area (Å²) in [5, 5.41) is 3.23. The minimum Gasteiger partial charge on any atom is -0.341 e. The Balaban J connectivity index is 0.00000128. The van der Waals surface area contributed by atoms with Gasteiger partial charge in [0.15, 0.2) is 0 Å². The van der Waals surface area contributed by atoms with Crippen molar-refractivity contribution < 1.29 is 4.79 Å². The van der Waals surface area contributed by atoms with E-state index in [2.05, 4.69) is 11.9 Å². The van der Waals surface area contributed by atoms with Crippen LogP contribution in [0, 0.1) is 5.92 Å². The second-order valence-corrected chi connectivity index (χ2v) is 5.20. The molecule has 2 aliphatic heterocycles. The molecular formula is C11H19ClN2OS. The molecule has 0 aromatic carbocycles. The summed E-state index contributed by atoms with van der Waals surface area (Å²) in [6.45, 7) is 5.61. The van der Waals surface area contributed by atoms with Gasteiger partial charge >= 0.3 is 0 Å². The summed E-state index contributed by atoms with van der Waals surface area (Å²) in [5.74, 6) is 2.75. The third-order valence-electron chi connectivity index (χ3n) is 3.20. The van der Waals surface area contributed by atoms with Gasteiger partial charge < -0.3 is 4.90 Å². The van der Waals surface area contributed by atoms with Gasteiger partial charge in [0.1, 0.15) is 0 Å². The standard InChI is InChI=1S/C11H18N2OS.ClH/c1-2-9-3-5-13(6-4-9)11(14)10-7-15-8-12-10;/h2,9-10,12H,1,3-8H2;1H/t10-;/m1./s1. The molecule has 0 bridgehead atoms. The van der Waals surface area contributed by atoms with Gasteiger partial charge in [-0.3, -0.25) is 10.1 Å². The Morgan fingerprint density at radius 1 is 1.44 bits per heavy atom. The molecule has 0 radical (unpaired) electrons. The molecule has 5 heteroatoms.